The van der Waals surface area contributed by atoms with Crippen LogP contribution in [-0.2, 0) is 14.8 Å². The molecule has 0 amide bonds. The van der Waals surface area contributed by atoms with Crippen LogP contribution in [0.4, 0.5) is 20.3 Å². The molecular formula is C21H20F2N4O4S. The summed E-state index contributed by atoms with van der Waals surface area (Å²) >= 11 is 0. The molecule has 8 nitrogen and oxygen atoms in total. The molecule has 0 bridgehead atoms. The molecule has 0 unspecified atom stereocenters. The Morgan fingerprint density at radius 1 is 1.00 bits per heavy atom. The number of halogens is 2. The Morgan fingerprint density at radius 3 is 2.44 bits per heavy atom. The summed E-state index contributed by atoms with van der Waals surface area (Å²) in [6.45, 7) is 1.19. The number of anilines is 2. The summed E-state index contributed by atoms with van der Waals surface area (Å²) in [4.78, 5) is 0.0326. The molecule has 1 fully saturated rings. The average Bonchev–Trinajstić information content (AvgIpc) is 2.82. The maximum Gasteiger partial charge on any atom is 0.246 e. The van der Waals surface area contributed by atoms with Crippen LogP contribution >= 0.6 is 0 Å². The number of morpholine rings is 1. The van der Waals surface area contributed by atoms with E-state index in [-0.39, 0.29) is 23.7 Å². The SMILES string of the molecule is COc1ccc(-c2ccc(Nc3ccc(F)c(F)c3)nn2)cc1S(=O)(=O)N1CCOCC1. The van der Waals surface area contributed by atoms with Gasteiger partial charge in [-0.1, -0.05) is 0 Å². The molecule has 0 saturated carbocycles. The highest BCUT2D eigenvalue weighted by Crippen LogP contribution is 2.31. The minimum absolute atomic E-state index is 0.0326. The molecule has 0 radical (unpaired) electrons. The largest absolute Gasteiger partial charge is 0.495 e. The van der Waals surface area contributed by atoms with Crippen molar-refractivity contribution in [2.24, 2.45) is 0 Å². The monoisotopic (exact) mass is 462 g/mol. The molecule has 11 heteroatoms. The van der Waals surface area contributed by atoms with Gasteiger partial charge >= 0.3 is 0 Å². The number of sulfonamides is 1. The second-order valence-electron chi connectivity index (χ2n) is 6.94. The second-order valence-corrected chi connectivity index (χ2v) is 8.85. The van der Waals surface area contributed by atoms with Crippen molar-refractivity contribution in [2.45, 2.75) is 4.90 Å². The molecule has 0 spiro atoms. The van der Waals surface area contributed by atoms with Gasteiger partial charge in [0.1, 0.15) is 10.6 Å². The highest BCUT2D eigenvalue weighted by atomic mass is 32.2. The Labute approximate surface area is 183 Å². The van der Waals surface area contributed by atoms with Crippen molar-refractivity contribution in [3.63, 3.8) is 0 Å². The van der Waals surface area contributed by atoms with Crippen molar-refractivity contribution in [1.29, 1.82) is 0 Å². The third-order valence-electron chi connectivity index (χ3n) is 4.90. The van der Waals surface area contributed by atoms with Crippen molar-refractivity contribution < 1.29 is 26.7 Å². The predicted molar refractivity (Wildman–Crippen MR) is 113 cm³/mol. The lowest BCUT2D eigenvalue weighted by Crippen LogP contribution is -2.40. The topological polar surface area (TPSA) is 93.7 Å². The maximum absolute atomic E-state index is 13.4. The molecule has 1 N–H and O–H groups in total. The predicted octanol–water partition coefficient (Wildman–Crippen LogP) is 3.19. The molecule has 3 aromatic rings. The zero-order chi connectivity index (χ0) is 22.7. The van der Waals surface area contributed by atoms with E-state index in [0.717, 1.165) is 12.1 Å². The van der Waals surface area contributed by atoms with Gasteiger partial charge in [0, 0.05) is 30.4 Å². The first-order valence-electron chi connectivity index (χ1n) is 9.70. The molecule has 1 saturated heterocycles. The molecule has 1 aliphatic heterocycles. The van der Waals surface area contributed by atoms with Gasteiger partial charge in [0.25, 0.3) is 0 Å². The third kappa shape index (κ3) is 4.54. The van der Waals surface area contributed by atoms with Crippen LogP contribution in [0.5, 0.6) is 5.75 Å². The fraction of sp³-hybridized carbons (Fsp3) is 0.238. The number of hydrogen-bond donors (Lipinski definition) is 1. The van der Waals surface area contributed by atoms with Crippen molar-refractivity contribution in [1.82, 2.24) is 14.5 Å². The molecule has 2 aromatic carbocycles. The summed E-state index contributed by atoms with van der Waals surface area (Å²) < 4.78 is 64.6. The van der Waals surface area contributed by atoms with Crippen molar-refractivity contribution >= 4 is 21.5 Å². The standard InChI is InChI=1S/C21H20F2N4O4S/c1-30-19-6-2-14(12-20(19)32(28,29)27-8-10-31-11-9-27)18-5-7-21(26-25-18)24-15-3-4-16(22)17(23)13-15/h2-7,12-13H,8-11H2,1H3,(H,24,26). The first-order valence-corrected chi connectivity index (χ1v) is 11.1. The molecule has 2 heterocycles. The van der Waals surface area contributed by atoms with Gasteiger partial charge in [-0.2, -0.15) is 4.31 Å². The molecule has 1 aliphatic rings. The molecule has 168 valence electrons. The van der Waals surface area contributed by atoms with Gasteiger partial charge in [0.05, 0.1) is 26.0 Å². The van der Waals surface area contributed by atoms with E-state index in [1.807, 2.05) is 0 Å². The van der Waals surface area contributed by atoms with Gasteiger partial charge < -0.3 is 14.8 Å². The van der Waals surface area contributed by atoms with Crippen LogP contribution in [0.15, 0.2) is 53.4 Å². The van der Waals surface area contributed by atoms with E-state index in [0.29, 0.717) is 36.0 Å². The summed E-state index contributed by atoms with van der Waals surface area (Å²) in [5, 5.41) is 11.0. The first kappa shape index (κ1) is 22.1. The number of nitrogens with one attached hydrogen (secondary N) is 1. The maximum atomic E-state index is 13.4. The molecule has 1 aromatic heterocycles. The Kier molecular flexibility index (Phi) is 6.31. The Hall–Kier alpha value is -3.15. The number of ether oxygens (including phenoxy) is 2. The fourth-order valence-corrected chi connectivity index (χ4v) is 4.83. The molecule has 4 rings (SSSR count). The van der Waals surface area contributed by atoms with Crippen LogP contribution in [0.2, 0.25) is 0 Å². The lowest BCUT2D eigenvalue weighted by atomic mass is 10.1. The molecule has 32 heavy (non-hydrogen) atoms. The van der Waals surface area contributed by atoms with E-state index < -0.39 is 21.7 Å². The lowest BCUT2D eigenvalue weighted by molar-refractivity contribution is 0.0729. The van der Waals surface area contributed by atoms with E-state index in [9.17, 15) is 17.2 Å². The number of methoxy groups -OCH3 is 1. The van der Waals surface area contributed by atoms with Crippen LogP contribution < -0.4 is 10.1 Å². The normalized spacial score (nSPS) is 14.8. The van der Waals surface area contributed by atoms with Crippen molar-refractivity contribution in [3.05, 3.63) is 60.2 Å². The van der Waals surface area contributed by atoms with Gasteiger partial charge in [0.15, 0.2) is 17.5 Å². The van der Waals surface area contributed by atoms with Crippen LogP contribution in [0.3, 0.4) is 0 Å². The highest BCUT2D eigenvalue weighted by molar-refractivity contribution is 7.89. The van der Waals surface area contributed by atoms with Crippen molar-refractivity contribution in [3.8, 4) is 17.0 Å². The van der Waals surface area contributed by atoms with E-state index in [1.165, 1.54) is 23.5 Å². The van der Waals surface area contributed by atoms with Gasteiger partial charge in [0.2, 0.25) is 10.0 Å². The Balaban J connectivity index is 1.61. The summed E-state index contributed by atoms with van der Waals surface area (Å²) in [5.74, 6) is -1.38. The minimum Gasteiger partial charge on any atom is -0.495 e. The third-order valence-corrected chi connectivity index (χ3v) is 6.82. The molecule has 0 aliphatic carbocycles. The first-order chi connectivity index (χ1) is 15.4. The lowest BCUT2D eigenvalue weighted by Gasteiger charge is -2.26. The zero-order valence-electron chi connectivity index (χ0n) is 17.1. The number of nitrogens with zero attached hydrogens (tertiary/aromatic N) is 3. The van der Waals surface area contributed by atoms with Crippen LogP contribution in [0.25, 0.3) is 11.3 Å². The van der Waals surface area contributed by atoms with E-state index in [2.05, 4.69) is 15.5 Å². The van der Waals surface area contributed by atoms with Crippen LogP contribution in [0.1, 0.15) is 0 Å². The molecular weight excluding hydrogens is 442 g/mol. The van der Waals surface area contributed by atoms with Gasteiger partial charge in [-0.15, -0.1) is 10.2 Å². The fourth-order valence-electron chi connectivity index (χ4n) is 3.24. The highest BCUT2D eigenvalue weighted by Gasteiger charge is 2.29. The van der Waals surface area contributed by atoms with Gasteiger partial charge in [-0.3, -0.25) is 0 Å². The van der Waals surface area contributed by atoms with Crippen LogP contribution in [0, 0.1) is 11.6 Å². The average molecular weight is 462 g/mol. The smallest absolute Gasteiger partial charge is 0.246 e. The number of benzene rings is 2. The van der Waals surface area contributed by atoms with E-state index in [1.54, 1.807) is 24.3 Å². The summed E-state index contributed by atoms with van der Waals surface area (Å²) in [7, 11) is -2.38. The van der Waals surface area contributed by atoms with E-state index in [4.69, 9.17) is 9.47 Å². The second kappa shape index (κ2) is 9.15. The summed E-state index contributed by atoms with van der Waals surface area (Å²) in [6.07, 6.45) is 0. The molecule has 0 atom stereocenters. The summed E-state index contributed by atoms with van der Waals surface area (Å²) in [5.41, 5.74) is 1.28. The van der Waals surface area contributed by atoms with Gasteiger partial charge in [-0.05, 0) is 42.5 Å². The van der Waals surface area contributed by atoms with Crippen molar-refractivity contribution in [2.75, 3.05) is 38.7 Å². The number of aromatic nitrogens is 2. The number of hydrogen-bond acceptors (Lipinski definition) is 7. The quantitative estimate of drug-likeness (QED) is 0.601. The van der Waals surface area contributed by atoms with Crippen LogP contribution in [-0.4, -0.2) is 56.3 Å². The summed E-state index contributed by atoms with van der Waals surface area (Å²) in [6, 6.07) is 11.4. The Morgan fingerprint density at radius 2 is 1.78 bits per heavy atom. The zero-order valence-corrected chi connectivity index (χ0v) is 17.9. The Bertz CT molecular complexity index is 1220. The van der Waals surface area contributed by atoms with E-state index >= 15 is 0 Å². The number of rotatable bonds is 6. The minimum atomic E-state index is -3.79. The van der Waals surface area contributed by atoms with Gasteiger partial charge in [-0.25, -0.2) is 17.2 Å².